The fraction of sp³-hybridized carbons (Fsp3) is 0.357. The average Bonchev–Trinajstić information content (AvgIpc) is 3.25. The molecule has 0 saturated carbocycles. The number of phosphoric acid groups is 2. The van der Waals surface area contributed by atoms with E-state index < -0.39 is 58.0 Å². The van der Waals surface area contributed by atoms with Crippen molar-refractivity contribution in [2.45, 2.75) is 24.5 Å². The minimum absolute atomic E-state index is 0.0393. The summed E-state index contributed by atoms with van der Waals surface area (Å²) >= 11 is 0.962. The number of carbonyl (C=O) groups excluding carboxylic acids is 1. The van der Waals surface area contributed by atoms with E-state index in [1.165, 1.54) is 12.1 Å². The van der Waals surface area contributed by atoms with Crippen LogP contribution in [0.2, 0.25) is 0 Å². The molecule has 1 unspecified atom stereocenters. The molecular weight excluding hydrogens is 498 g/mol. The highest BCUT2D eigenvalue weighted by atomic mass is 32.1. The number of thiophene rings is 1. The van der Waals surface area contributed by atoms with Crippen molar-refractivity contribution in [3.8, 4) is 10.4 Å². The first-order valence-corrected chi connectivity index (χ1v) is 12.3. The molecule has 3 heterocycles. The zero-order valence-corrected chi connectivity index (χ0v) is 18.2. The maximum Gasteiger partial charge on any atom is 0.481 e. The Morgan fingerprint density at radius 3 is 2.47 bits per heavy atom. The molecule has 1 saturated heterocycles. The van der Waals surface area contributed by atoms with Gasteiger partial charge in [0.1, 0.15) is 18.3 Å². The molecule has 32 heavy (non-hydrogen) atoms. The summed E-state index contributed by atoms with van der Waals surface area (Å²) in [6.07, 6.45) is -5.02. The molecule has 0 aliphatic carbocycles. The zero-order chi connectivity index (χ0) is 23.8. The van der Waals surface area contributed by atoms with Crippen LogP contribution in [0.15, 0.2) is 27.9 Å². The van der Waals surface area contributed by atoms with E-state index in [0.29, 0.717) is 16.0 Å². The van der Waals surface area contributed by atoms with Gasteiger partial charge < -0.3 is 29.6 Å². The van der Waals surface area contributed by atoms with Crippen LogP contribution in [0.5, 0.6) is 0 Å². The lowest BCUT2D eigenvalue weighted by Gasteiger charge is -2.18. The van der Waals surface area contributed by atoms with Crippen molar-refractivity contribution in [1.29, 1.82) is 0 Å². The first-order valence-electron chi connectivity index (χ1n) is 8.48. The number of aliphatic hydroxyl groups excluding tert-OH is 2. The number of carbonyl (C=O) groups is 1. The van der Waals surface area contributed by atoms with Crippen LogP contribution >= 0.6 is 27.0 Å². The van der Waals surface area contributed by atoms with Crippen LogP contribution < -0.4 is 11.2 Å². The molecule has 1 aliphatic rings. The number of aldehydes is 1. The number of nitrogens with zero attached hydrogens (tertiary/aromatic N) is 1. The topological polar surface area (TPSA) is 235 Å². The van der Waals surface area contributed by atoms with Crippen molar-refractivity contribution in [2.24, 2.45) is 0 Å². The molecule has 176 valence electrons. The molecule has 1 aliphatic heterocycles. The quantitative estimate of drug-likeness (QED) is 0.182. The predicted octanol–water partition coefficient (Wildman–Crippen LogP) is -1.08. The number of phosphoric ester groups is 1. The summed E-state index contributed by atoms with van der Waals surface area (Å²) in [5.41, 5.74) is -1.83. The lowest BCUT2D eigenvalue weighted by molar-refractivity contribution is -0.0541. The molecule has 6 N–H and O–H groups in total. The smallest absolute Gasteiger partial charge is 0.387 e. The molecule has 3 rings (SSSR count). The van der Waals surface area contributed by atoms with Crippen molar-refractivity contribution < 1.29 is 52.4 Å². The van der Waals surface area contributed by atoms with Gasteiger partial charge in [0.05, 0.1) is 17.0 Å². The summed E-state index contributed by atoms with van der Waals surface area (Å²) < 4.78 is 36.3. The Hall–Kier alpha value is -1.81. The third-order valence-electron chi connectivity index (χ3n) is 4.20. The lowest BCUT2D eigenvalue weighted by Crippen LogP contribution is -2.38. The molecule has 0 aromatic carbocycles. The Bertz CT molecular complexity index is 1220. The van der Waals surface area contributed by atoms with E-state index in [1.807, 2.05) is 4.98 Å². The summed E-state index contributed by atoms with van der Waals surface area (Å²) in [5, 5.41) is 20.4. The van der Waals surface area contributed by atoms with E-state index in [-0.39, 0.29) is 5.56 Å². The van der Waals surface area contributed by atoms with Crippen LogP contribution in [-0.4, -0.2) is 65.6 Å². The number of aromatic amines is 1. The number of hydrogen-bond donors (Lipinski definition) is 6. The van der Waals surface area contributed by atoms with Gasteiger partial charge in [0.2, 0.25) is 0 Å². The number of nitrogens with one attached hydrogen (secondary N) is 1. The monoisotopic (exact) mass is 514 g/mol. The minimum Gasteiger partial charge on any atom is -0.387 e. The van der Waals surface area contributed by atoms with E-state index in [4.69, 9.17) is 14.5 Å². The normalized spacial score (nSPS) is 25.5. The van der Waals surface area contributed by atoms with Crippen LogP contribution in [-0.2, 0) is 22.7 Å². The van der Waals surface area contributed by atoms with Gasteiger partial charge in [-0.2, -0.15) is 4.31 Å². The second-order valence-corrected chi connectivity index (χ2v) is 10.4. The van der Waals surface area contributed by atoms with Gasteiger partial charge in [0, 0.05) is 11.1 Å². The van der Waals surface area contributed by atoms with Gasteiger partial charge >= 0.3 is 21.3 Å². The fourth-order valence-electron chi connectivity index (χ4n) is 2.83. The number of ether oxygens (including phenoxy) is 1. The predicted molar refractivity (Wildman–Crippen MR) is 105 cm³/mol. The molecule has 5 atom stereocenters. The summed E-state index contributed by atoms with van der Waals surface area (Å²) in [4.78, 5) is 64.5. The molecule has 15 nitrogen and oxygen atoms in total. The van der Waals surface area contributed by atoms with Gasteiger partial charge in [-0.1, -0.05) is 0 Å². The molecule has 0 bridgehead atoms. The van der Waals surface area contributed by atoms with Crippen molar-refractivity contribution >= 4 is 33.3 Å². The summed E-state index contributed by atoms with van der Waals surface area (Å²) in [5.74, 6) is 0. The van der Waals surface area contributed by atoms with Gasteiger partial charge in [-0.3, -0.25) is 23.7 Å². The van der Waals surface area contributed by atoms with Gasteiger partial charge in [-0.25, -0.2) is 13.9 Å². The van der Waals surface area contributed by atoms with Crippen molar-refractivity contribution in [1.82, 2.24) is 9.55 Å². The average molecular weight is 514 g/mol. The van der Waals surface area contributed by atoms with Gasteiger partial charge in [-0.05, 0) is 12.1 Å². The van der Waals surface area contributed by atoms with Gasteiger partial charge in [0.15, 0.2) is 12.5 Å². The Kier molecular flexibility index (Phi) is 7.14. The lowest BCUT2D eigenvalue weighted by atomic mass is 10.1. The Morgan fingerprint density at radius 2 is 1.88 bits per heavy atom. The molecule has 1 fully saturated rings. The summed E-state index contributed by atoms with van der Waals surface area (Å²) in [6, 6.07) is 2.91. The molecule has 18 heteroatoms. The van der Waals surface area contributed by atoms with Crippen molar-refractivity contribution in [3.63, 3.8) is 0 Å². The van der Waals surface area contributed by atoms with E-state index in [1.54, 1.807) is 0 Å². The molecule has 0 amide bonds. The number of H-pyrrole nitrogens is 1. The Balaban J connectivity index is 1.84. The fourth-order valence-corrected chi connectivity index (χ4v) is 5.26. The number of hydrogen-bond acceptors (Lipinski definition) is 11. The highest BCUT2D eigenvalue weighted by molar-refractivity contribution is 7.60. The van der Waals surface area contributed by atoms with E-state index in [0.717, 1.165) is 22.1 Å². The molecule has 0 radical (unpaired) electrons. The second kappa shape index (κ2) is 9.21. The zero-order valence-electron chi connectivity index (χ0n) is 15.6. The van der Waals surface area contributed by atoms with E-state index in [9.17, 15) is 38.6 Å². The highest BCUT2D eigenvalue weighted by Crippen LogP contribution is 2.57. The largest absolute Gasteiger partial charge is 0.481 e. The van der Waals surface area contributed by atoms with Crippen molar-refractivity contribution in [3.05, 3.63) is 44.0 Å². The molecule has 2 aromatic rings. The van der Waals surface area contributed by atoms with Gasteiger partial charge in [-0.15, -0.1) is 11.3 Å². The SMILES string of the molecule is O=Cc1ccc(-c2cn([C@@H]3O[C@H](COP(=O)(O)OP(=O)(O)O)[C@@H](O)[C@H]3O)c(=O)[nH]c2=O)s1. The Morgan fingerprint density at radius 1 is 1.19 bits per heavy atom. The molecule has 2 aromatic heterocycles. The number of aliphatic hydroxyl groups is 2. The van der Waals surface area contributed by atoms with Gasteiger partial charge in [0.25, 0.3) is 5.56 Å². The number of aromatic nitrogens is 2. The summed E-state index contributed by atoms with van der Waals surface area (Å²) in [6.45, 7) is -0.957. The third kappa shape index (κ3) is 5.57. The molecule has 0 spiro atoms. The first-order chi connectivity index (χ1) is 14.8. The highest BCUT2D eigenvalue weighted by Gasteiger charge is 2.46. The summed E-state index contributed by atoms with van der Waals surface area (Å²) in [7, 11) is -10.6. The third-order valence-corrected chi connectivity index (χ3v) is 7.39. The van der Waals surface area contributed by atoms with Crippen LogP contribution in [0.4, 0.5) is 0 Å². The van der Waals surface area contributed by atoms with Crippen LogP contribution in [0.25, 0.3) is 10.4 Å². The van der Waals surface area contributed by atoms with E-state index in [2.05, 4.69) is 8.83 Å². The van der Waals surface area contributed by atoms with Crippen LogP contribution in [0.1, 0.15) is 15.9 Å². The minimum atomic E-state index is -5.37. The Labute approximate surface area is 181 Å². The van der Waals surface area contributed by atoms with Crippen LogP contribution in [0, 0.1) is 0 Å². The maximum absolute atomic E-state index is 12.3. The van der Waals surface area contributed by atoms with E-state index >= 15 is 0 Å². The van der Waals surface area contributed by atoms with Crippen LogP contribution in [0.3, 0.4) is 0 Å². The standard InChI is InChI=1S/C14H16N2O13P2S/c17-4-6-1-2-9(32-6)7-3-16(14(21)15-12(7)20)13-11(19)10(18)8(28-13)5-27-31(25,26)29-30(22,23)24/h1-4,8,10-11,13,18-19H,5H2,(H,25,26)(H,15,20,21)(H2,22,23,24)/t8-,10-,11-,13-/m1/s1. The second-order valence-electron chi connectivity index (χ2n) is 6.41. The molecular formula is C14H16N2O13P2S. The maximum atomic E-state index is 12.3. The van der Waals surface area contributed by atoms with Crippen molar-refractivity contribution in [2.75, 3.05) is 6.61 Å². The number of rotatable bonds is 8. The first kappa shape index (κ1) is 24.8.